The topological polar surface area (TPSA) is 75.6 Å². The van der Waals surface area contributed by atoms with Crippen LogP contribution in [0, 0.1) is 25.2 Å². The van der Waals surface area contributed by atoms with Crippen LogP contribution in [0.5, 0.6) is 0 Å². The van der Waals surface area contributed by atoms with Gasteiger partial charge in [-0.3, -0.25) is 4.98 Å². The molecule has 0 N–H and O–H groups in total. The van der Waals surface area contributed by atoms with Gasteiger partial charge in [0.15, 0.2) is 0 Å². The summed E-state index contributed by atoms with van der Waals surface area (Å²) in [5.41, 5.74) is 2.77. The van der Waals surface area contributed by atoms with Crippen molar-refractivity contribution in [1.29, 1.82) is 5.26 Å². The molecule has 0 atom stereocenters. The smallest absolute Gasteiger partial charge is 0.226 e. The molecule has 0 aromatic carbocycles. The van der Waals surface area contributed by atoms with Crippen LogP contribution in [-0.4, -0.2) is 15.1 Å². The summed E-state index contributed by atoms with van der Waals surface area (Å²) in [6.45, 7) is 3.87. The first-order valence-electron chi connectivity index (χ1n) is 5.84. The third kappa shape index (κ3) is 2.92. The molecule has 0 amide bonds. The molecule has 2 rings (SSSR count). The Kier molecular flexibility index (Phi) is 3.68. The van der Waals surface area contributed by atoms with Gasteiger partial charge in [0.25, 0.3) is 0 Å². The Morgan fingerprint density at radius 1 is 1.22 bits per heavy atom. The van der Waals surface area contributed by atoms with E-state index in [0.29, 0.717) is 24.6 Å². The highest BCUT2D eigenvalue weighted by atomic mass is 16.5. The van der Waals surface area contributed by atoms with Gasteiger partial charge in [-0.2, -0.15) is 10.2 Å². The molecule has 2 aromatic heterocycles. The summed E-state index contributed by atoms with van der Waals surface area (Å²) in [6, 6.07) is 5.95. The number of rotatable bonds is 4. The lowest BCUT2D eigenvalue weighted by Gasteiger charge is -1.98. The number of pyridine rings is 1. The Morgan fingerprint density at radius 2 is 1.94 bits per heavy atom. The fraction of sp³-hybridized carbons (Fsp3) is 0.385. The molecular formula is C13H14N4O. The summed E-state index contributed by atoms with van der Waals surface area (Å²) in [6.07, 6.45) is 1.89. The molecule has 0 fully saturated rings. The van der Waals surface area contributed by atoms with E-state index in [-0.39, 0.29) is 0 Å². The minimum Gasteiger partial charge on any atom is -0.339 e. The van der Waals surface area contributed by atoms with Gasteiger partial charge in [-0.1, -0.05) is 5.16 Å². The minimum absolute atomic E-state index is 0.505. The van der Waals surface area contributed by atoms with Gasteiger partial charge < -0.3 is 4.52 Å². The van der Waals surface area contributed by atoms with Gasteiger partial charge in [-0.25, -0.2) is 0 Å². The first-order valence-corrected chi connectivity index (χ1v) is 5.84. The molecule has 0 saturated carbocycles. The van der Waals surface area contributed by atoms with Gasteiger partial charge in [0.05, 0.1) is 6.07 Å². The summed E-state index contributed by atoms with van der Waals surface area (Å²) in [7, 11) is 0. The molecule has 0 bridgehead atoms. The molecule has 18 heavy (non-hydrogen) atoms. The third-order valence-corrected chi connectivity index (χ3v) is 2.49. The SMILES string of the molecule is Cc1cc(-c2noc(CCCC#N)n2)cc(C)n1. The summed E-state index contributed by atoms with van der Waals surface area (Å²) in [4.78, 5) is 8.62. The predicted octanol–water partition coefficient (Wildman–Crippen LogP) is 2.59. The number of aromatic nitrogens is 3. The predicted molar refractivity (Wildman–Crippen MR) is 65.6 cm³/mol. The fourth-order valence-electron chi connectivity index (χ4n) is 1.76. The Hall–Kier alpha value is -2.22. The summed E-state index contributed by atoms with van der Waals surface area (Å²) in [5.74, 6) is 1.16. The average molecular weight is 242 g/mol. The van der Waals surface area contributed by atoms with Crippen LogP contribution in [-0.2, 0) is 6.42 Å². The number of nitriles is 1. The Bertz CT molecular complexity index is 563. The molecule has 2 heterocycles. The van der Waals surface area contributed by atoms with E-state index >= 15 is 0 Å². The van der Waals surface area contributed by atoms with Crippen LogP contribution in [0.15, 0.2) is 16.7 Å². The van der Waals surface area contributed by atoms with Crippen LogP contribution < -0.4 is 0 Å². The van der Waals surface area contributed by atoms with Crippen molar-refractivity contribution in [2.45, 2.75) is 33.1 Å². The second-order valence-corrected chi connectivity index (χ2v) is 4.16. The van der Waals surface area contributed by atoms with Crippen LogP contribution >= 0.6 is 0 Å². The molecule has 0 aliphatic heterocycles. The second kappa shape index (κ2) is 5.41. The van der Waals surface area contributed by atoms with Crippen molar-refractivity contribution >= 4 is 0 Å². The fourth-order valence-corrected chi connectivity index (χ4v) is 1.76. The van der Waals surface area contributed by atoms with E-state index in [2.05, 4.69) is 21.2 Å². The van der Waals surface area contributed by atoms with Crippen molar-refractivity contribution in [1.82, 2.24) is 15.1 Å². The molecule has 0 unspecified atom stereocenters. The number of hydrogen-bond donors (Lipinski definition) is 0. The van der Waals surface area contributed by atoms with Gasteiger partial charge in [0, 0.05) is 29.8 Å². The normalized spacial score (nSPS) is 10.3. The van der Waals surface area contributed by atoms with E-state index in [9.17, 15) is 0 Å². The number of nitrogens with zero attached hydrogens (tertiary/aromatic N) is 4. The van der Waals surface area contributed by atoms with Crippen LogP contribution in [0.25, 0.3) is 11.4 Å². The van der Waals surface area contributed by atoms with E-state index in [0.717, 1.165) is 23.4 Å². The van der Waals surface area contributed by atoms with Gasteiger partial charge >= 0.3 is 0 Å². The standard InChI is InChI=1S/C13H14N4O/c1-9-7-11(8-10(2)15-9)13-16-12(18-17-13)5-3-4-6-14/h7-8H,3-5H2,1-2H3. The van der Waals surface area contributed by atoms with Gasteiger partial charge in [0.1, 0.15) is 0 Å². The Morgan fingerprint density at radius 3 is 2.61 bits per heavy atom. The summed E-state index contributed by atoms with van der Waals surface area (Å²) in [5, 5.41) is 12.4. The maximum Gasteiger partial charge on any atom is 0.226 e. The maximum atomic E-state index is 8.46. The van der Waals surface area contributed by atoms with Crippen LogP contribution in [0.3, 0.4) is 0 Å². The molecule has 0 aliphatic rings. The van der Waals surface area contributed by atoms with E-state index in [1.807, 2.05) is 26.0 Å². The Labute approximate surface area is 105 Å². The molecule has 0 aliphatic carbocycles. The lowest BCUT2D eigenvalue weighted by atomic mass is 10.2. The van der Waals surface area contributed by atoms with E-state index in [4.69, 9.17) is 9.78 Å². The lowest BCUT2D eigenvalue weighted by molar-refractivity contribution is 0.376. The zero-order valence-electron chi connectivity index (χ0n) is 10.5. The van der Waals surface area contributed by atoms with Gasteiger partial charge in [-0.15, -0.1) is 0 Å². The van der Waals surface area contributed by atoms with Gasteiger partial charge in [-0.05, 0) is 32.4 Å². The summed E-state index contributed by atoms with van der Waals surface area (Å²) < 4.78 is 5.15. The quantitative estimate of drug-likeness (QED) is 0.770. The van der Waals surface area contributed by atoms with E-state index < -0.39 is 0 Å². The minimum atomic E-state index is 0.505. The molecular weight excluding hydrogens is 228 g/mol. The zero-order chi connectivity index (χ0) is 13.0. The van der Waals surface area contributed by atoms with E-state index in [1.165, 1.54) is 0 Å². The third-order valence-electron chi connectivity index (χ3n) is 2.49. The number of aryl methyl sites for hydroxylation is 3. The molecule has 0 spiro atoms. The van der Waals surface area contributed by atoms with Crippen molar-refractivity contribution in [2.75, 3.05) is 0 Å². The Balaban J connectivity index is 2.16. The maximum absolute atomic E-state index is 8.46. The van der Waals surface area contributed by atoms with Crippen LogP contribution in [0.1, 0.15) is 30.1 Å². The average Bonchev–Trinajstić information content (AvgIpc) is 2.77. The lowest BCUT2D eigenvalue weighted by Crippen LogP contribution is -1.90. The summed E-state index contributed by atoms with van der Waals surface area (Å²) >= 11 is 0. The van der Waals surface area contributed by atoms with Crippen LogP contribution in [0.2, 0.25) is 0 Å². The highest BCUT2D eigenvalue weighted by Crippen LogP contribution is 2.18. The van der Waals surface area contributed by atoms with Crippen molar-refractivity contribution in [2.24, 2.45) is 0 Å². The largest absolute Gasteiger partial charge is 0.339 e. The number of hydrogen-bond acceptors (Lipinski definition) is 5. The van der Waals surface area contributed by atoms with E-state index in [1.54, 1.807) is 0 Å². The molecule has 2 aromatic rings. The molecule has 92 valence electrons. The van der Waals surface area contributed by atoms with Gasteiger partial charge in [0.2, 0.25) is 11.7 Å². The molecule has 0 radical (unpaired) electrons. The zero-order valence-corrected chi connectivity index (χ0v) is 10.5. The monoisotopic (exact) mass is 242 g/mol. The highest BCUT2D eigenvalue weighted by molar-refractivity contribution is 5.55. The van der Waals surface area contributed by atoms with Crippen molar-refractivity contribution in [3.8, 4) is 17.5 Å². The first-order chi connectivity index (χ1) is 8.69. The molecule has 5 nitrogen and oxygen atoms in total. The van der Waals surface area contributed by atoms with Crippen LogP contribution in [0.4, 0.5) is 0 Å². The number of unbranched alkanes of at least 4 members (excludes halogenated alkanes) is 1. The second-order valence-electron chi connectivity index (χ2n) is 4.16. The van der Waals surface area contributed by atoms with Crippen molar-refractivity contribution < 1.29 is 4.52 Å². The molecule has 5 heteroatoms. The molecule has 0 saturated heterocycles. The van der Waals surface area contributed by atoms with Crippen molar-refractivity contribution in [3.05, 3.63) is 29.4 Å². The highest BCUT2D eigenvalue weighted by Gasteiger charge is 2.09. The first kappa shape index (κ1) is 12.2. The van der Waals surface area contributed by atoms with Crippen molar-refractivity contribution in [3.63, 3.8) is 0 Å².